The topological polar surface area (TPSA) is 116 Å². The quantitative estimate of drug-likeness (QED) is 0.747. The number of Topliss-reactive ketones (excluding diaryl/α,β-unsaturated/α-hetero) is 1. The number of carbonyl (C=O) groups excluding carboxylic acids is 1. The number of anilines is 1. The molecule has 0 atom stereocenters. The van der Waals surface area contributed by atoms with E-state index in [4.69, 9.17) is 8.37 Å². The van der Waals surface area contributed by atoms with Gasteiger partial charge in [-0.05, 0) is 12.1 Å². The predicted molar refractivity (Wildman–Crippen MR) is 91.5 cm³/mol. The number of rotatable bonds is 4. The van der Waals surface area contributed by atoms with Crippen molar-refractivity contribution in [3.63, 3.8) is 0 Å². The third-order valence-electron chi connectivity index (χ3n) is 3.14. The predicted octanol–water partition coefficient (Wildman–Crippen LogP) is 1.55. The van der Waals surface area contributed by atoms with Gasteiger partial charge in [0.05, 0.1) is 23.9 Å². The van der Waals surface area contributed by atoms with E-state index in [-0.39, 0.29) is 12.1 Å². The number of hydrogen-bond donors (Lipinski definition) is 1. The van der Waals surface area contributed by atoms with E-state index in [2.05, 4.69) is 5.32 Å². The zero-order valence-corrected chi connectivity index (χ0v) is 15.5. The first-order chi connectivity index (χ1) is 11.5. The number of ketones is 1. The summed E-state index contributed by atoms with van der Waals surface area (Å²) in [5.74, 6) is -1.79. The molecule has 1 aromatic rings. The molecule has 1 N–H and O–H groups in total. The zero-order chi connectivity index (χ0) is 18.4. The van der Waals surface area contributed by atoms with E-state index in [9.17, 15) is 21.6 Å². The lowest BCUT2D eigenvalue weighted by molar-refractivity contribution is -0.117. The number of para-hydroxylation sites is 1. The molecule has 0 fully saturated rings. The highest BCUT2D eigenvalue weighted by Gasteiger charge is 2.37. The summed E-state index contributed by atoms with van der Waals surface area (Å²) in [5.41, 5.74) is 0.876. The molecule has 3 rings (SSSR count). The first-order valence-corrected chi connectivity index (χ1v) is 11.3. The number of nitrogens with one attached hydrogen (secondary N) is 1. The van der Waals surface area contributed by atoms with Crippen LogP contribution in [0.4, 0.5) is 5.69 Å². The summed E-state index contributed by atoms with van der Waals surface area (Å²) >= 11 is 1.28. The van der Waals surface area contributed by atoms with Crippen molar-refractivity contribution in [1.29, 1.82) is 0 Å². The molecule has 1 aliphatic carbocycles. The van der Waals surface area contributed by atoms with Gasteiger partial charge in [-0.1, -0.05) is 23.9 Å². The lowest BCUT2D eigenvalue weighted by Crippen LogP contribution is -2.26. The van der Waals surface area contributed by atoms with Gasteiger partial charge in [-0.25, -0.2) is 0 Å². The van der Waals surface area contributed by atoms with E-state index in [1.165, 1.54) is 11.8 Å². The van der Waals surface area contributed by atoms with Crippen molar-refractivity contribution in [3.05, 3.63) is 46.4 Å². The summed E-state index contributed by atoms with van der Waals surface area (Å²) in [7, 11) is -8.09. The summed E-state index contributed by atoms with van der Waals surface area (Å²) < 4.78 is 55.7. The molecular formula is C14H13NO7S3. The van der Waals surface area contributed by atoms with Crippen LogP contribution in [0, 0.1) is 0 Å². The Morgan fingerprint density at radius 3 is 2.24 bits per heavy atom. The second-order valence-corrected chi connectivity index (χ2v) is 9.64. The van der Waals surface area contributed by atoms with E-state index in [0.29, 0.717) is 10.6 Å². The van der Waals surface area contributed by atoms with Crippen LogP contribution in [0.25, 0.3) is 0 Å². The fourth-order valence-electron chi connectivity index (χ4n) is 2.29. The highest BCUT2D eigenvalue weighted by atomic mass is 32.2. The van der Waals surface area contributed by atoms with Crippen LogP contribution in [0.5, 0.6) is 0 Å². The minimum absolute atomic E-state index is 0.136. The second-order valence-electron chi connectivity index (χ2n) is 5.35. The van der Waals surface area contributed by atoms with E-state index >= 15 is 0 Å². The molecule has 1 aliphatic heterocycles. The molecule has 2 aliphatic rings. The summed E-state index contributed by atoms with van der Waals surface area (Å²) in [6, 6.07) is 7.20. The first kappa shape index (κ1) is 17.8. The second kappa shape index (κ2) is 6.07. The van der Waals surface area contributed by atoms with Crippen LogP contribution in [0.15, 0.2) is 51.3 Å². The summed E-state index contributed by atoms with van der Waals surface area (Å²) in [6.07, 6.45) is 1.41. The van der Waals surface area contributed by atoms with Crippen LogP contribution in [-0.4, -0.2) is 35.1 Å². The van der Waals surface area contributed by atoms with E-state index in [1.54, 1.807) is 12.1 Å². The van der Waals surface area contributed by atoms with E-state index in [0.717, 1.165) is 17.4 Å². The van der Waals surface area contributed by atoms with E-state index in [1.807, 2.05) is 12.1 Å². The van der Waals surface area contributed by atoms with Gasteiger partial charge in [-0.3, -0.25) is 4.79 Å². The molecule has 134 valence electrons. The van der Waals surface area contributed by atoms with Crippen molar-refractivity contribution < 1.29 is 30.0 Å². The molecule has 0 radical (unpaired) electrons. The molecule has 8 nitrogen and oxygen atoms in total. The minimum atomic E-state index is -4.05. The van der Waals surface area contributed by atoms with Crippen LogP contribution in [0.1, 0.15) is 6.42 Å². The lowest BCUT2D eigenvalue weighted by Gasteiger charge is -2.28. The van der Waals surface area contributed by atoms with Gasteiger partial charge < -0.3 is 13.7 Å². The van der Waals surface area contributed by atoms with Gasteiger partial charge in [0.15, 0.2) is 0 Å². The SMILES string of the molecule is CS(=O)(=O)OC1=C(OS(C)(=O)=O)C2=C(CC1=O)Sc1ccccc1N2. The largest absolute Gasteiger partial charge is 0.376 e. The maximum atomic E-state index is 12.3. The Morgan fingerprint density at radius 1 is 1.00 bits per heavy atom. The fraction of sp³-hybridized carbons (Fsp3) is 0.214. The highest BCUT2D eigenvalue weighted by Crippen LogP contribution is 2.46. The standard InChI is InChI=1S/C14H13NO7S3/c1-24(17,18)21-13-9(16)7-11-12(14(13)22-25(2,19)20)15-8-5-3-4-6-10(8)23-11/h3-6,15H,7H2,1-2H3. The van der Waals surface area contributed by atoms with Gasteiger partial charge in [-0.2, -0.15) is 16.8 Å². The number of fused-ring (bicyclic) bond motifs is 1. The van der Waals surface area contributed by atoms with Crippen LogP contribution < -0.4 is 5.32 Å². The Hall–Kier alpha value is -1.98. The molecule has 0 spiro atoms. The molecular weight excluding hydrogens is 390 g/mol. The van der Waals surface area contributed by atoms with Crippen molar-refractivity contribution in [2.75, 3.05) is 17.8 Å². The zero-order valence-electron chi connectivity index (χ0n) is 13.1. The molecule has 1 heterocycles. The first-order valence-electron chi connectivity index (χ1n) is 6.87. The number of carbonyl (C=O) groups is 1. The molecule has 0 saturated heterocycles. The molecule has 25 heavy (non-hydrogen) atoms. The Balaban J connectivity index is 2.16. The smallest absolute Gasteiger partial charge is 0.306 e. The third-order valence-corrected chi connectivity index (χ3v) is 5.25. The lowest BCUT2D eigenvalue weighted by atomic mass is 10.1. The third kappa shape index (κ3) is 3.99. The van der Waals surface area contributed by atoms with Gasteiger partial charge in [0.2, 0.25) is 17.3 Å². The Labute approximate surface area is 149 Å². The molecule has 0 unspecified atom stereocenters. The average Bonchev–Trinajstić information content (AvgIpc) is 2.47. The summed E-state index contributed by atoms with van der Waals surface area (Å²) in [5, 5.41) is 2.99. The number of thioether (sulfide) groups is 1. The number of allylic oxidation sites excluding steroid dienone is 2. The molecule has 0 saturated carbocycles. The van der Waals surface area contributed by atoms with Crippen molar-refractivity contribution in [1.82, 2.24) is 0 Å². The van der Waals surface area contributed by atoms with Gasteiger partial charge >= 0.3 is 20.2 Å². The van der Waals surface area contributed by atoms with Crippen LogP contribution in [-0.2, 0) is 33.4 Å². The molecule has 0 bridgehead atoms. The molecule has 0 aromatic heterocycles. The van der Waals surface area contributed by atoms with Crippen LogP contribution in [0.3, 0.4) is 0 Å². The van der Waals surface area contributed by atoms with Crippen LogP contribution >= 0.6 is 11.8 Å². The average molecular weight is 403 g/mol. The normalized spacial score (nSPS) is 17.6. The molecule has 11 heteroatoms. The van der Waals surface area contributed by atoms with Crippen molar-refractivity contribution in [2.24, 2.45) is 0 Å². The summed E-state index contributed by atoms with van der Waals surface area (Å²) in [6.45, 7) is 0. The fourth-order valence-corrected chi connectivity index (χ4v) is 4.31. The highest BCUT2D eigenvalue weighted by molar-refractivity contribution is 8.03. The van der Waals surface area contributed by atoms with Crippen molar-refractivity contribution in [2.45, 2.75) is 11.3 Å². The maximum absolute atomic E-state index is 12.3. The van der Waals surface area contributed by atoms with Gasteiger partial charge in [0.25, 0.3) is 0 Å². The van der Waals surface area contributed by atoms with Crippen molar-refractivity contribution in [3.8, 4) is 0 Å². The van der Waals surface area contributed by atoms with Crippen molar-refractivity contribution >= 4 is 43.5 Å². The van der Waals surface area contributed by atoms with Gasteiger partial charge in [-0.15, -0.1) is 0 Å². The van der Waals surface area contributed by atoms with Gasteiger partial charge in [0.1, 0.15) is 0 Å². The number of benzene rings is 1. The summed E-state index contributed by atoms with van der Waals surface area (Å²) in [4.78, 5) is 13.7. The van der Waals surface area contributed by atoms with Gasteiger partial charge in [0, 0.05) is 16.2 Å². The Bertz CT molecular complexity index is 1040. The number of hydrogen-bond acceptors (Lipinski definition) is 9. The van der Waals surface area contributed by atoms with E-state index < -0.39 is 37.5 Å². The molecule has 1 aromatic carbocycles. The molecule has 0 amide bonds. The monoisotopic (exact) mass is 403 g/mol. The maximum Gasteiger partial charge on any atom is 0.306 e. The Kier molecular flexibility index (Phi) is 4.33. The minimum Gasteiger partial charge on any atom is -0.376 e. The van der Waals surface area contributed by atoms with Crippen LogP contribution in [0.2, 0.25) is 0 Å². The Morgan fingerprint density at radius 2 is 1.60 bits per heavy atom.